The van der Waals surface area contributed by atoms with Gasteiger partial charge in [-0.15, -0.1) is 0 Å². The number of hydrogen-bond acceptors (Lipinski definition) is 7. The van der Waals surface area contributed by atoms with Gasteiger partial charge in [0.1, 0.15) is 0 Å². The van der Waals surface area contributed by atoms with Gasteiger partial charge in [0.25, 0.3) is 0 Å². The summed E-state index contributed by atoms with van der Waals surface area (Å²) in [6, 6.07) is 19.3. The number of imide groups is 2. The summed E-state index contributed by atoms with van der Waals surface area (Å²) >= 11 is 0. The summed E-state index contributed by atoms with van der Waals surface area (Å²) < 4.78 is 5.26. The number of aromatic hydroxyl groups is 1. The van der Waals surface area contributed by atoms with Crippen LogP contribution in [0.4, 0.5) is 11.4 Å². The third-order valence-corrected chi connectivity index (χ3v) is 10.2. The molecule has 0 unspecified atom stereocenters. The van der Waals surface area contributed by atoms with Gasteiger partial charge in [-0.1, -0.05) is 42.0 Å². The Morgan fingerprint density at radius 1 is 0.867 bits per heavy atom. The molecule has 1 saturated carbocycles. The number of carboxylic acids is 1. The lowest BCUT2D eigenvalue weighted by molar-refractivity contribution is -0.131. The minimum absolute atomic E-state index is 0.0503. The fraction of sp³-hybridized carbons (Fsp3) is 0.286. The van der Waals surface area contributed by atoms with Gasteiger partial charge < -0.3 is 14.9 Å². The van der Waals surface area contributed by atoms with E-state index in [0.29, 0.717) is 11.3 Å². The van der Waals surface area contributed by atoms with Gasteiger partial charge in [-0.25, -0.2) is 9.69 Å². The number of aromatic carboxylic acids is 1. The lowest BCUT2D eigenvalue weighted by Gasteiger charge is -2.49. The van der Waals surface area contributed by atoms with Gasteiger partial charge in [0.05, 0.1) is 47.2 Å². The van der Waals surface area contributed by atoms with Crippen LogP contribution in [0.5, 0.6) is 11.5 Å². The van der Waals surface area contributed by atoms with Crippen molar-refractivity contribution in [3.8, 4) is 11.5 Å². The molecule has 0 bridgehead atoms. The third-order valence-electron chi connectivity index (χ3n) is 10.2. The Morgan fingerprint density at radius 3 is 2.29 bits per heavy atom. The van der Waals surface area contributed by atoms with E-state index < -0.39 is 52.8 Å². The van der Waals surface area contributed by atoms with Gasteiger partial charge in [-0.3, -0.25) is 24.1 Å². The van der Waals surface area contributed by atoms with Gasteiger partial charge in [-0.05, 0) is 73.7 Å². The molecule has 0 radical (unpaired) electrons. The molecule has 10 nitrogen and oxygen atoms in total. The second-order valence-electron chi connectivity index (χ2n) is 12.3. The van der Waals surface area contributed by atoms with Crippen molar-refractivity contribution < 1.29 is 38.9 Å². The number of methoxy groups -OCH3 is 1. The number of hydrogen-bond donors (Lipinski definition) is 2. The van der Waals surface area contributed by atoms with Crippen molar-refractivity contribution >= 4 is 41.0 Å². The number of allylic oxidation sites excluding steroid dienone is 2. The summed E-state index contributed by atoms with van der Waals surface area (Å²) in [5.41, 5.74) is 0.702. The Bertz CT molecular complexity index is 1830. The van der Waals surface area contributed by atoms with Crippen LogP contribution in [-0.2, 0) is 19.2 Å². The molecule has 6 atom stereocenters. The van der Waals surface area contributed by atoms with E-state index in [4.69, 9.17) is 4.74 Å². The first kappa shape index (κ1) is 28.5. The Labute approximate surface area is 258 Å². The number of rotatable bonds is 5. The molecule has 2 heterocycles. The van der Waals surface area contributed by atoms with Crippen LogP contribution in [0.1, 0.15) is 41.6 Å². The first-order chi connectivity index (χ1) is 21.6. The molecule has 45 heavy (non-hydrogen) atoms. The predicted molar refractivity (Wildman–Crippen MR) is 162 cm³/mol. The molecule has 2 N–H and O–H groups in total. The minimum Gasteiger partial charge on any atom is -0.504 e. The normalized spacial score (nSPS) is 28.8. The van der Waals surface area contributed by atoms with Crippen molar-refractivity contribution in [1.82, 2.24) is 0 Å². The molecule has 4 aliphatic rings. The Balaban J connectivity index is 1.36. The van der Waals surface area contributed by atoms with Crippen LogP contribution in [0.2, 0.25) is 0 Å². The quantitative estimate of drug-likeness (QED) is 0.319. The Morgan fingerprint density at radius 2 is 1.60 bits per heavy atom. The van der Waals surface area contributed by atoms with Gasteiger partial charge >= 0.3 is 5.97 Å². The van der Waals surface area contributed by atoms with E-state index in [-0.39, 0.29) is 47.4 Å². The molecule has 10 heteroatoms. The molecule has 4 amide bonds. The lowest BCUT2D eigenvalue weighted by Crippen LogP contribution is -2.48. The highest BCUT2D eigenvalue weighted by Crippen LogP contribution is 2.64. The van der Waals surface area contributed by atoms with E-state index in [1.807, 2.05) is 6.08 Å². The summed E-state index contributed by atoms with van der Waals surface area (Å²) in [7, 11) is 1.43. The molecule has 0 spiro atoms. The zero-order valence-corrected chi connectivity index (χ0v) is 24.5. The maximum Gasteiger partial charge on any atom is 0.335 e. The highest BCUT2D eigenvalue weighted by molar-refractivity contribution is 6.25. The van der Waals surface area contributed by atoms with Crippen molar-refractivity contribution in [1.29, 1.82) is 0 Å². The highest BCUT2D eigenvalue weighted by Gasteiger charge is 2.67. The number of anilines is 2. The van der Waals surface area contributed by atoms with Crippen molar-refractivity contribution in [3.05, 3.63) is 95.6 Å². The number of fused-ring (bicyclic) bond motifs is 4. The predicted octanol–water partition coefficient (Wildman–Crippen LogP) is 4.53. The molecule has 3 aromatic carbocycles. The van der Waals surface area contributed by atoms with Crippen molar-refractivity contribution in [2.24, 2.45) is 29.1 Å². The Hall–Kier alpha value is -5.25. The van der Waals surface area contributed by atoms with Crippen molar-refractivity contribution in [2.45, 2.75) is 25.7 Å². The number of benzene rings is 3. The van der Waals surface area contributed by atoms with E-state index in [1.54, 1.807) is 49.4 Å². The fourth-order valence-electron chi connectivity index (χ4n) is 8.14. The smallest absolute Gasteiger partial charge is 0.335 e. The number of phenolic OH excluding ortho intramolecular Hbond substituents is 1. The number of phenols is 1. The van der Waals surface area contributed by atoms with E-state index >= 15 is 0 Å². The van der Waals surface area contributed by atoms with Gasteiger partial charge in [-0.2, -0.15) is 0 Å². The minimum atomic E-state index is -1.25. The average molecular weight is 607 g/mol. The molecule has 3 aromatic rings. The zero-order valence-electron chi connectivity index (χ0n) is 24.5. The summed E-state index contributed by atoms with van der Waals surface area (Å²) in [5.74, 6) is -6.23. The van der Waals surface area contributed by atoms with E-state index in [2.05, 4.69) is 0 Å². The maximum atomic E-state index is 14.4. The molecule has 3 fully saturated rings. The summed E-state index contributed by atoms with van der Waals surface area (Å²) in [4.78, 5) is 70.5. The fourth-order valence-corrected chi connectivity index (χ4v) is 8.14. The molecule has 2 aliphatic carbocycles. The second-order valence-corrected chi connectivity index (χ2v) is 12.3. The summed E-state index contributed by atoms with van der Waals surface area (Å²) in [6.07, 6.45) is 2.34. The molecule has 7 rings (SSSR count). The molecule has 228 valence electrons. The average Bonchev–Trinajstić information content (AvgIpc) is 3.40. The maximum absolute atomic E-state index is 14.4. The topological polar surface area (TPSA) is 142 Å². The first-order valence-electron chi connectivity index (χ1n) is 14.8. The highest BCUT2D eigenvalue weighted by atomic mass is 16.5. The SMILES string of the molecule is COc1ccc([C@H]2C3=CC[C@@H]4C(=O)N(c5cccc(C(=O)O)c5)C(=O)[C@@H]4[C@@H]3C[C@H]3C(=O)N(c4ccccc4)C(=O)[C@@]23C)cc1O. The monoisotopic (exact) mass is 606 g/mol. The zero-order chi connectivity index (χ0) is 31.8. The van der Waals surface area contributed by atoms with Crippen LogP contribution < -0.4 is 14.5 Å². The number of carbonyl (C=O) groups is 5. The molecular formula is C35H30N2O8. The number of carboxylic acid groups (broad SMARTS) is 1. The summed E-state index contributed by atoms with van der Waals surface area (Å²) in [6.45, 7) is 1.78. The number of nitrogens with zero attached hydrogens (tertiary/aromatic N) is 2. The Kier molecular flexibility index (Phi) is 6.43. The van der Waals surface area contributed by atoms with E-state index in [0.717, 1.165) is 10.5 Å². The van der Waals surface area contributed by atoms with E-state index in [1.165, 1.54) is 42.3 Å². The van der Waals surface area contributed by atoms with Crippen LogP contribution in [0.15, 0.2) is 84.4 Å². The molecule has 0 aromatic heterocycles. The largest absolute Gasteiger partial charge is 0.504 e. The van der Waals surface area contributed by atoms with Crippen LogP contribution in [0.25, 0.3) is 0 Å². The number of ether oxygens (including phenoxy) is 1. The molecular weight excluding hydrogens is 576 g/mol. The van der Waals surface area contributed by atoms with Crippen molar-refractivity contribution in [3.63, 3.8) is 0 Å². The van der Waals surface area contributed by atoms with Crippen LogP contribution >= 0.6 is 0 Å². The molecule has 2 aliphatic heterocycles. The number of amides is 4. The third kappa shape index (κ3) is 3.97. The second kappa shape index (κ2) is 10.2. The number of carbonyl (C=O) groups excluding carboxylic acids is 4. The van der Waals surface area contributed by atoms with Crippen LogP contribution in [-0.4, -0.2) is 46.9 Å². The van der Waals surface area contributed by atoms with Gasteiger partial charge in [0.15, 0.2) is 11.5 Å². The van der Waals surface area contributed by atoms with Crippen molar-refractivity contribution in [2.75, 3.05) is 16.9 Å². The molecule has 2 saturated heterocycles. The summed E-state index contributed by atoms with van der Waals surface area (Å²) in [5, 5.41) is 20.3. The van der Waals surface area contributed by atoms with Gasteiger partial charge in [0, 0.05) is 5.92 Å². The number of para-hydroxylation sites is 1. The van der Waals surface area contributed by atoms with Crippen LogP contribution in [0, 0.1) is 29.1 Å². The lowest BCUT2D eigenvalue weighted by atomic mass is 9.51. The standard InChI is InChI=1S/C35H30N2O8/c1-35-25(31(40)37(34(35)44)20-8-4-3-5-9-20)17-24-22(29(35)18-11-14-27(45-2)26(38)16-18)12-13-23-28(24)32(41)36(30(23)39)21-10-6-7-19(15-21)33(42)43/h3-12,14-16,23-25,28-29,38H,13,17H2,1-2H3,(H,42,43)/t23-,24+,25-,28-,29-,35+/m0/s1. The van der Waals surface area contributed by atoms with Gasteiger partial charge in [0.2, 0.25) is 23.6 Å². The first-order valence-corrected chi connectivity index (χ1v) is 14.8. The van der Waals surface area contributed by atoms with Crippen LogP contribution in [0.3, 0.4) is 0 Å². The van der Waals surface area contributed by atoms with E-state index in [9.17, 15) is 34.2 Å².